The zero-order chi connectivity index (χ0) is 8.86. The highest BCUT2D eigenvalue weighted by atomic mass is 19.3. The van der Waals surface area contributed by atoms with Gasteiger partial charge in [-0.15, -0.1) is 0 Å². The molecule has 0 saturated heterocycles. The molecule has 1 rings (SSSR count). The van der Waals surface area contributed by atoms with E-state index in [0.29, 0.717) is 6.54 Å². The summed E-state index contributed by atoms with van der Waals surface area (Å²) in [4.78, 5) is 0. The third-order valence-electron chi connectivity index (χ3n) is 2.85. The molecule has 0 aromatic heterocycles. The van der Waals surface area contributed by atoms with Crippen molar-refractivity contribution in [3.63, 3.8) is 0 Å². The van der Waals surface area contributed by atoms with Crippen molar-refractivity contribution in [2.45, 2.75) is 26.7 Å². The summed E-state index contributed by atoms with van der Waals surface area (Å²) in [5.41, 5.74) is 5.11. The smallest absolute Gasteiger partial charge is 0.249 e. The van der Waals surface area contributed by atoms with E-state index in [9.17, 15) is 8.78 Å². The second kappa shape index (κ2) is 2.16. The monoisotopic (exact) mass is 163 g/mol. The van der Waals surface area contributed by atoms with Crippen molar-refractivity contribution >= 4 is 0 Å². The number of nitrogens with two attached hydrogens (primary N) is 1. The van der Waals surface area contributed by atoms with Gasteiger partial charge >= 0.3 is 0 Å². The van der Waals surface area contributed by atoms with Gasteiger partial charge in [0.05, 0.1) is 0 Å². The van der Waals surface area contributed by atoms with Gasteiger partial charge in [-0.1, -0.05) is 13.8 Å². The molecule has 66 valence electrons. The molecule has 1 fully saturated rings. The number of alkyl halides is 2. The van der Waals surface area contributed by atoms with Crippen molar-refractivity contribution in [1.82, 2.24) is 0 Å². The molecular weight excluding hydrogens is 148 g/mol. The van der Waals surface area contributed by atoms with Gasteiger partial charge in [-0.2, -0.15) is 0 Å². The van der Waals surface area contributed by atoms with Gasteiger partial charge in [0.2, 0.25) is 5.92 Å². The molecule has 1 aliphatic carbocycles. The van der Waals surface area contributed by atoms with Gasteiger partial charge in [-0.25, -0.2) is 8.78 Å². The molecule has 3 heteroatoms. The average molecular weight is 163 g/mol. The highest BCUT2D eigenvalue weighted by Gasteiger charge is 2.65. The number of halogens is 2. The van der Waals surface area contributed by atoms with E-state index in [1.165, 1.54) is 0 Å². The Morgan fingerprint density at radius 2 is 1.91 bits per heavy atom. The normalized spacial score (nSPS) is 35.5. The van der Waals surface area contributed by atoms with E-state index in [1.54, 1.807) is 0 Å². The Morgan fingerprint density at radius 1 is 1.45 bits per heavy atom. The fourth-order valence-electron chi connectivity index (χ4n) is 2.19. The Hall–Kier alpha value is -0.180. The van der Waals surface area contributed by atoms with E-state index in [0.717, 1.165) is 6.92 Å². The molecule has 0 aromatic carbocycles. The predicted molar refractivity (Wildman–Crippen MR) is 40.4 cm³/mol. The Morgan fingerprint density at radius 3 is 2.00 bits per heavy atom. The van der Waals surface area contributed by atoms with Gasteiger partial charge in [0, 0.05) is 5.92 Å². The minimum absolute atomic E-state index is 0.00231. The summed E-state index contributed by atoms with van der Waals surface area (Å²) < 4.78 is 25.6. The maximum atomic E-state index is 12.8. The average Bonchev–Trinajstić information content (AvgIpc) is 2.31. The lowest BCUT2D eigenvalue weighted by atomic mass is 10.1. The summed E-state index contributed by atoms with van der Waals surface area (Å²) >= 11 is 0. The summed E-state index contributed by atoms with van der Waals surface area (Å²) in [7, 11) is 0. The standard InChI is InChI=1S/C8H15F2N/c1-7(2)5(4-11)6(7)8(3,9)10/h5-6H,4,11H2,1-3H3. The number of hydrogen-bond acceptors (Lipinski definition) is 1. The predicted octanol–water partition coefficient (Wildman–Crippen LogP) is 1.87. The zero-order valence-electron chi connectivity index (χ0n) is 7.20. The molecule has 1 saturated carbocycles. The van der Waals surface area contributed by atoms with E-state index < -0.39 is 11.8 Å². The molecule has 2 N–H and O–H groups in total. The fraction of sp³-hybridized carbons (Fsp3) is 1.00. The van der Waals surface area contributed by atoms with Crippen LogP contribution in [0.2, 0.25) is 0 Å². The Labute approximate surface area is 66.0 Å². The topological polar surface area (TPSA) is 26.0 Å². The third-order valence-corrected chi connectivity index (χ3v) is 2.85. The van der Waals surface area contributed by atoms with Crippen LogP contribution >= 0.6 is 0 Å². The molecule has 0 bridgehead atoms. The highest BCUT2D eigenvalue weighted by Crippen LogP contribution is 2.63. The maximum Gasteiger partial charge on any atom is 0.249 e. The van der Waals surface area contributed by atoms with Crippen LogP contribution in [-0.2, 0) is 0 Å². The summed E-state index contributed by atoms with van der Waals surface area (Å²) in [5.74, 6) is -3.07. The van der Waals surface area contributed by atoms with E-state index in [-0.39, 0.29) is 11.3 Å². The van der Waals surface area contributed by atoms with Crippen LogP contribution in [0.25, 0.3) is 0 Å². The van der Waals surface area contributed by atoms with Gasteiger partial charge in [0.1, 0.15) is 0 Å². The number of rotatable bonds is 2. The van der Waals surface area contributed by atoms with Crippen LogP contribution in [-0.4, -0.2) is 12.5 Å². The van der Waals surface area contributed by atoms with Gasteiger partial charge in [0.15, 0.2) is 0 Å². The van der Waals surface area contributed by atoms with Gasteiger partial charge in [-0.05, 0) is 24.8 Å². The van der Waals surface area contributed by atoms with Crippen molar-refractivity contribution < 1.29 is 8.78 Å². The Balaban J connectivity index is 2.66. The SMILES string of the molecule is CC(F)(F)C1C(CN)C1(C)C. The zero-order valence-corrected chi connectivity index (χ0v) is 7.20. The molecule has 2 atom stereocenters. The Kier molecular flexibility index (Phi) is 1.75. The van der Waals surface area contributed by atoms with Crippen molar-refractivity contribution in [3.8, 4) is 0 Å². The first-order chi connectivity index (χ1) is 4.81. The minimum Gasteiger partial charge on any atom is -0.330 e. The summed E-state index contributed by atoms with van der Waals surface area (Å²) in [5, 5.41) is 0. The summed E-state index contributed by atoms with van der Waals surface area (Å²) in [6.45, 7) is 5.06. The molecule has 0 aliphatic heterocycles. The lowest BCUT2D eigenvalue weighted by Gasteiger charge is -2.10. The van der Waals surface area contributed by atoms with Crippen molar-refractivity contribution in [2.24, 2.45) is 23.0 Å². The van der Waals surface area contributed by atoms with Gasteiger partial charge in [-0.3, -0.25) is 0 Å². The lowest BCUT2D eigenvalue weighted by Crippen LogP contribution is -2.17. The lowest BCUT2D eigenvalue weighted by molar-refractivity contribution is -0.0162. The van der Waals surface area contributed by atoms with Crippen molar-refractivity contribution in [1.29, 1.82) is 0 Å². The van der Waals surface area contributed by atoms with Crippen LogP contribution in [0.3, 0.4) is 0 Å². The molecule has 0 radical (unpaired) electrons. The van der Waals surface area contributed by atoms with E-state index >= 15 is 0 Å². The van der Waals surface area contributed by atoms with Crippen LogP contribution in [0.15, 0.2) is 0 Å². The quantitative estimate of drug-likeness (QED) is 0.660. The minimum atomic E-state index is -2.56. The van der Waals surface area contributed by atoms with E-state index in [2.05, 4.69) is 0 Å². The summed E-state index contributed by atoms with van der Waals surface area (Å²) in [6.07, 6.45) is 0. The Bertz CT molecular complexity index is 160. The van der Waals surface area contributed by atoms with Gasteiger partial charge < -0.3 is 5.73 Å². The molecular formula is C8H15F2N. The summed E-state index contributed by atoms with van der Waals surface area (Å²) in [6, 6.07) is 0. The number of hydrogen-bond donors (Lipinski definition) is 1. The molecule has 1 aliphatic rings. The second-order valence-electron chi connectivity index (χ2n) is 4.10. The highest BCUT2D eigenvalue weighted by molar-refractivity contribution is 5.09. The fourth-order valence-corrected chi connectivity index (χ4v) is 2.19. The largest absolute Gasteiger partial charge is 0.330 e. The van der Waals surface area contributed by atoms with Crippen LogP contribution in [0.4, 0.5) is 8.78 Å². The molecule has 0 spiro atoms. The maximum absolute atomic E-state index is 12.8. The first-order valence-electron chi connectivity index (χ1n) is 3.89. The van der Waals surface area contributed by atoms with Gasteiger partial charge in [0.25, 0.3) is 0 Å². The second-order valence-corrected chi connectivity index (χ2v) is 4.10. The van der Waals surface area contributed by atoms with Crippen LogP contribution in [0, 0.1) is 17.3 Å². The van der Waals surface area contributed by atoms with Crippen LogP contribution in [0.1, 0.15) is 20.8 Å². The third kappa shape index (κ3) is 1.26. The first kappa shape index (κ1) is 8.91. The molecule has 0 heterocycles. The molecule has 1 nitrogen and oxygen atoms in total. The van der Waals surface area contributed by atoms with Crippen molar-refractivity contribution in [2.75, 3.05) is 6.54 Å². The van der Waals surface area contributed by atoms with Crippen molar-refractivity contribution in [3.05, 3.63) is 0 Å². The van der Waals surface area contributed by atoms with Crippen LogP contribution in [0.5, 0.6) is 0 Å². The first-order valence-corrected chi connectivity index (χ1v) is 3.89. The molecule has 2 unspecified atom stereocenters. The molecule has 0 aromatic rings. The van der Waals surface area contributed by atoms with Crippen LogP contribution < -0.4 is 5.73 Å². The van der Waals surface area contributed by atoms with E-state index in [4.69, 9.17) is 5.73 Å². The molecule has 11 heavy (non-hydrogen) atoms. The van der Waals surface area contributed by atoms with E-state index in [1.807, 2.05) is 13.8 Å². The molecule has 0 amide bonds.